The van der Waals surface area contributed by atoms with Gasteiger partial charge in [0.25, 0.3) is 0 Å². The number of carbonyl (C=O) groups excluding carboxylic acids is 1. The van der Waals surface area contributed by atoms with Crippen molar-refractivity contribution < 1.29 is 13.2 Å². The van der Waals surface area contributed by atoms with Crippen LogP contribution in [0.3, 0.4) is 0 Å². The first-order valence-electron chi connectivity index (χ1n) is 9.29. The molecule has 0 saturated carbocycles. The molecule has 8 nitrogen and oxygen atoms in total. The molecule has 164 valence electrons. The van der Waals surface area contributed by atoms with E-state index in [1.807, 2.05) is 19.9 Å². The van der Waals surface area contributed by atoms with Crippen LogP contribution in [-0.4, -0.2) is 34.8 Å². The lowest BCUT2D eigenvalue weighted by Gasteiger charge is -2.09. The molecule has 0 aliphatic carbocycles. The van der Waals surface area contributed by atoms with Crippen LogP contribution in [0.4, 0.5) is 5.69 Å². The first kappa shape index (κ1) is 23.3. The number of benzene rings is 2. The second kappa shape index (κ2) is 9.82. The molecule has 0 fully saturated rings. The quantitative estimate of drug-likeness (QED) is 0.480. The van der Waals surface area contributed by atoms with E-state index in [-0.39, 0.29) is 23.1 Å². The molecule has 0 aliphatic rings. The van der Waals surface area contributed by atoms with Crippen molar-refractivity contribution in [3.8, 4) is 0 Å². The zero-order valence-electron chi connectivity index (χ0n) is 17.2. The van der Waals surface area contributed by atoms with Crippen molar-refractivity contribution in [2.24, 2.45) is 7.05 Å². The Morgan fingerprint density at radius 3 is 2.55 bits per heavy atom. The number of nitrogens with one attached hydrogen (secondary N) is 2. The number of sulfonamides is 1. The van der Waals surface area contributed by atoms with Crippen LogP contribution in [0.15, 0.2) is 52.5 Å². The third kappa shape index (κ3) is 6.07. The molecule has 11 heteroatoms. The van der Waals surface area contributed by atoms with Crippen LogP contribution in [0, 0.1) is 13.8 Å². The molecule has 1 amide bonds. The van der Waals surface area contributed by atoms with Crippen LogP contribution >= 0.6 is 23.4 Å². The monoisotopic (exact) mass is 479 g/mol. The van der Waals surface area contributed by atoms with Crippen LogP contribution in [-0.2, 0) is 28.4 Å². The second-order valence-corrected chi connectivity index (χ2v) is 10.0. The maximum Gasteiger partial charge on any atom is 0.240 e. The Hall–Kier alpha value is -2.40. The summed E-state index contributed by atoms with van der Waals surface area (Å²) in [5, 5.41) is 11.9. The van der Waals surface area contributed by atoms with Gasteiger partial charge in [0.05, 0.1) is 17.2 Å². The third-order valence-electron chi connectivity index (χ3n) is 4.48. The Labute approximate surface area is 190 Å². The minimum absolute atomic E-state index is 0.0197. The first-order valence-corrected chi connectivity index (χ1v) is 12.1. The Morgan fingerprint density at radius 1 is 1.13 bits per heavy atom. The van der Waals surface area contributed by atoms with Gasteiger partial charge in [0.15, 0.2) is 5.16 Å². The Bertz CT molecular complexity index is 1190. The van der Waals surface area contributed by atoms with E-state index in [0.29, 0.717) is 21.7 Å². The predicted molar refractivity (Wildman–Crippen MR) is 122 cm³/mol. The van der Waals surface area contributed by atoms with E-state index in [4.69, 9.17) is 11.6 Å². The number of amides is 1. The number of carbonyl (C=O) groups is 1. The number of aryl methyl sites for hydroxylation is 2. The third-order valence-corrected chi connectivity index (χ3v) is 7.16. The summed E-state index contributed by atoms with van der Waals surface area (Å²) in [6.45, 7) is 3.75. The van der Waals surface area contributed by atoms with Crippen molar-refractivity contribution in [3.05, 3.63) is 64.4 Å². The molecule has 0 bridgehead atoms. The number of thioether (sulfide) groups is 1. The molecular weight excluding hydrogens is 458 g/mol. The number of rotatable bonds is 8. The number of anilines is 1. The van der Waals surface area contributed by atoms with E-state index in [9.17, 15) is 13.2 Å². The summed E-state index contributed by atoms with van der Waals surface area (Å²) in [6, 6.07) is 11.9. The predicted octanol–water partition coefficient (Wildman–Crippen LogP) is 3.29. The fraction of sp³-hybridized carbons (Fsp3) is 0.250. The van der Waals surface area contributed by atoms with E-state index in [2.05, 4.69) is 20.2 Å². The smallest absolute Gasteiger partial charge is 0.240 e. The summed E-state index contributed by atoms with van der Waals surface area (Å²) in [4.78, 5) is 12.5. The summed E-state index contributed by atoms with van der Waals surface area (Å²) in [5.41, 5.74) is 2.54. The number of nitrogens with zero attached hydrogens (tertiary/aromatic N) is 3. The summed E-state index contributed by atoms with van der Waals surface area (Å²) in [7, 11) is -1.94. The minimum Gasteiger partial charge on any atom is -0.325 e. The first-order chi connectivity index (χ1) is 14.7. The maximum absolute atomic E-state index is 12.4. The fourth-order valence-electron chi connectivity index (χ4n) is 2.63. The summed E-state index contributed by atoms with van der Waals surface area (Å²) in [6.07, 6.45) is 0. The number of hydrogen-bond acceptors (Lipinski definition) is 6. The van der Waals surface area contributed by atoms with Crippen LogP contribution in [0.5, 0.6) is 0 Å². The van der Waals surface area contributed by atoms with Crippen molar-refractivity contribution >= 4 is 45.0 Å². The van der Waals surface area contributed by atoms with Gasteiger partial charge in [-0.2, -0.15) is 0 Å². The number of hydrogen-bond donors (Lipinski definition) is 2. The van der Waals surface area contributed by atoms with Crippen molar-refractivity contribution in [2.45, 2.75) is 30.4 Å². The zero-order chi connectivity index (χ0) is 22.6. The van der Waals surface area contributed by atoms with E-state index in [0.717, 1.165) is 11.1 Å². The van der Waals surface area contributed by atoms with Crippen LogP contribution in [0.1, 0.15) is 17.0 Å². The topological polar surface area (TPSA) is 106 Å². The van der Waals surface area contributed by atoms with Gasteiger partial charge < -0.3 is 9.88 Å². The molecule has 0 saturated heterocycles. The Kier molecular flexibility index (Phi) is 7.37. The maximum atomic E-state index is 12.4. The van der Waals surface area contributed by atoms with Crippen molar-refractivity contribution in [1.82, 2.24) is 19.5 Å². The van der Waals surface area contributed by atoms with Crippen LogP contribution < -0.4 is 10.0 Å². The second-order valence-electron chi connectivity index (χ2n) is 6.89. The molecule has 31 heavy (non-hydrogen) atoms. The average molecular weight is 480 g/mol. The van der Waals surface area contributed by atoms with Crippen LogP contribution in [0.25, 0.3) is 0 Å². The van der Waals surface area contributed by atoms with Gasteiger partial charge in [-0.3, -0.25) is 4.79 Å². The van der Waals surface area contributed by atoms with E-state index in [1.54, 1.807) is 48.0 Å². The highest BCUT2D eigenvalue weighted by Crippen LogP contribution is 2.21. The molecule has 1 aromatic heterocycles. The molecule has 1 heterocycles. The fourth-order valence-corrected chi connectivity index (χ4v) is 4.51. The van der Waals surface area contributed by atoms with Gasteiger partial charge >= 0.3 is 0 Å². The SMILES string of the molecule is Cc1ccc(S(=O)(=O)NCc2nnc(SCC(=O)Nc3cc(Cl)ccc3C)n2C)cc1. The van der Waals surface area contributed by atoms with Gasteiger partial charge in [-0.25, -0.2) is 13.1 Å². The van der Waals surface area contributed by atoms with Crippen molar-refractivity contribution in [3.63, 3.8) is 0 Å². The molecule has 0 atom stereocenters. The zero-order valence-corrected chi connectivity index (χ0v) is 19.6. The number of aromatic nitrogens is 3. The molecule has 0 unspecified atom stereocenters. The molecule has 0 radical (unpaired) electrons. The number of halogens is 1. The van der Waals surface area contributed by atoms with Gasteiger partial charge in [0.2, 0.25) is 15.9 Å². The lowest BCUT2D eigenvalue weighted by molar-refractivity contribution is -0.113. The highest BCUT2D eigenvalue weighted by Gasteiger charge is 2.17. The van der Waals surface area contributed by atoms with Gasteiger partial charge in [0, 0.05) is 17.8 Å². The van der Waals surface area contributed by atoms with Crippen molar-refractivity contribution in [1.29, 1.82) is 0 Å². The lowest BCUT2D eigenvalue weighted by atomic mass is 10.2. The van der Waals surface area contributed by atoms with E-state index < -0.39 is 10.0 Å². The summed E-state index contributed by atoms with van der Waals surface area (Å²) < 4.78 is 29.1. The molecule has 0 spiro atoms. The molecule has 0 aliphatic heterocycles. The highest BCUT2D eigenvalue weighted by atomic mass is 35.5. The lowest BCUT2D eigenvalue weighted by Crippen LogP contribution is -2.24. The molecular formula is C20H22ClN5O3S2. The normalized spacial score (nSPS) is 11.5. The Morgan fingerprint density at radius 2 is 1.84 bits per heavy atom. The van der Waals surface area contributed by atoms with Gasteiger partial charge in [-0.05, 0) is 43.7 Å². The van der Waals surface area contributed by atoms with Gasteiger partial charge in [0.1, 0.15) is 5.82 Å². The molecule has 3 rings (SSSR count). The Balaban J connectivity index is 1.58. The average Bonchev–Trinajstić information content (AvgIpc) is 3.07. The summed E-state index contributed by atoms with van der Waals surface area (Å²) >= 11 is 7.18. The van der Waals surface area contributed by atoms with Crippen LogP contribution in [0.2, 0.25) is 5.02 Å². The summed E-state index contributed by atoms with van der Waals surface area (Å²) in [5.74, 6) is 0.344. The standard InChI is InChI=1S/C20H22ClN5O3S2/c1-13-4-8-16(9-5-13)31(28,29)22-11-18-24-25-20(26(18)3)30-12-19(27)23-17-10-15(21)7-6-14(17)2/h4-10,22H,11-12H2,1-3H3,(H,23,27). The van der Waals surface area contributed by atoms with Gasteiger partial charge in [-0.1, -0.05) is 47.1 Å². The molecule has 2 aromatic carbocycles. The minimum atomic E-state index is -3.66. The van der Waals surface area contributed by atoms with E-state index in [1.165, 1.54) is 11.8 Å². The molecule has 3 aromatic rings. The van der Waals surface area contributed by atoms with E-state index >= 15 is 0 Å². The molecule has 2 N–H and O–H groups in total. The largest absolute Gasteiger partial charge is 0.325 e. The van der Waals surface area contributed by atoms with Gasteiger partial charge in [-0.15, -0.1) is 10.2 Å². The van der Waals surface area contributed by atoms with Crippen molar-refractivity contribution in [2.75, 3.05) is 11.1 Å². The highest BCUT2D eigenvalue weighted by molar-refractivity contribution is 7.99.